The van der Waals surface area contributed by atoms with Gasteiger partial charge in [0.25, 0.3) is 0 Å². The minimum absolute atomic E-state index is 0.0907. The average Bonchev–Trinajstić information content (AvgIpc) is 2.81. The van der Waals surface area contributed by atoms with Gasteiger partial charge in [-0.25, -0.2) is 4.79 Å². The molecule has 1 atom stereocenters. The quantitative estimate of drug-likeness (QED) is 0.568. The molecule has 2 heterocycles. The lowest BCUT2D eigenvalue weighted by Gasteiger charge is -2.44. The van der Waals surface area contributed by atoms with Crippen molar-refractivity contribution < 1.29 is 34.0 Å². The molecule has 2 aromatic carbocycles. The van der Waals surface area contributed by atoms with Crippen molar-refractivity contribution in [1.29, 1.82) is 0 Å². The van der Waals surface area contributed by atoms with Gasteiger partial charge in [0.1, 0.15) is 17.1 Å². The topological polar surface area (TPSA) is 97.7 Å². The van der Waals surface area contributed by atoms with Crippen LogP contribution in [0.25, 0.3) is 5.57 Å². The molecule has 188 valence electrons. The van der Waals surface area contributed by atoms with E-state index in [1.165, 1.54) is 0 Å². The Hall–Kier alpha value is -2.91. The normalized spacial score (nSPS) is 18.4. The first-order valence-electron chi connectivity index (χ1n) is 11.7. The first kappa shape index (κ1) is 25.2. The smallest absolute Gasteiger partial charge is 0.335 e. The van der Waals surface area contributed by atoms with E-state index in [0.29, 0.717) is 37.4 Å². The summed E-state index contributed by atoms with van der Waals surface area (Å²) in [6.07, 6.45) is 2.43. The van der Waals surface area contributed by atoms with E-state index >= 15 is 0 Å². The van der Waals surface area contributed by atoms with E-state index in [4.69, 9.17) is 18.9 Å². The van der Waals surface area contributed by atoms with Gasteiger partial charge in [0, 0.05) is 33.0 Å². The molecular formula is C27H33NO7. The van der Waals surface area contributed by atoms with Crippen molar-refractivity contribution in [2.75, 3.05) is 27.0 Å². The molecule has 2 aliphatic rings. The van der Waals surface area contributed by atoms with Crippen molar-refractivity contribution >= 4 is 11.5 Å². The van der Waals surface area contributed by atoms with E-state index in [0.717, 1.165) is 16.7 Å². The van der Waals surface area contributed by atoms with Crippen LogP contribution in [0.2, 0.25) is 0 Å². The maximum Gasteiger partial charge on any atom is 0.335 e. The minimum Gasteiger partial charge on any atom is -0.482 e. The monoisotopic (exact) mass is 483 g/mol. The number of carboxylic acids is 1. The third-order valence-corrected chi connectivity index (χ3v) is 6.17. The number of fused-ring (bicyclic) bond motifs is 1. The average molecular weight is 484 g/mol. The number of piperidine rings is 1. The Morgan fingerprint density at radius 3 is 2.43 bits per heavy atom. The number of benzene rings is 2. The van der Waals surface area contributed by atoms with Gasteiger partial charge < -0.3 is 29.2 Å². The standard InChI is InChI=1S/C27H33NO7/c1-26(2,3)35-25(31)28-14-12-27(13-15-28)16-20(18-8-10-19(11-9-18)24(29)30)23-21(33-17-32-4)6-5-7-22(23)34-27/h5-11,16,25,31H,12-15,17H2,1-4H3,(H,29,30). The van der Waals surface area contributed by atoms with E-state index < -0.39 is 23.6 Å². The fourth-order valence-corrected chi connectivity index (χ4v) is 4.47. The first-order chi connectivity index (χ1) is 16.6. The Kier molecular flexibility index (Phi) is 7.19. The number of carboxylic acid groups (broad SMARTS) is 1. The van der Waals surface area contributed by atoms with Crippen molar-refractivity contribution in [3.05, 3.63) is 65.2 Å². The summed E-state index contributed by atoms with van der Waals surface area (Å²) >= 11 is 0. The van der Waals surface area contributed by atoms with Crippen LogP contribution in [0.4, 0.5) is 0 Å². The van der Waals surface area contributed by atoms with Crippen molar-refractivity contribution in [2.45, 2.75) is 51.2 Å². The van der Waals surface area contributed by atoms with Crippen LogP contribution in [0.1, 0.15) is 55.1 Å². The fourth-order valence-electron chi connectivity index (χ4n) is 4.47. The molecule has 35 heavy (non-hydrogen) atoms. The number of likely N-dealkylation sites (tertiary alicyclic amines) is 1. The maximum atomic E-state index is 11.4. The highest BCUT2D eigenvalue weighted by Crippen LogP contribution is 2.47. The molecule has 8 heteroatoms. The molecule has 4 rings (SSSR count). The summed E-state index contributed by atoms with van der Waals surface area (Å²) in [6, 6.07) is 12.5. The molecule has 2 aromatic rings. The van der Waals surface area contributed by atoms with Crippen LogP contribution in [0, 0.1) is 0 Å². The molecule has 0 radical (unpaired) electrons. The largest absolute Gasteiger partial charge is 0.482 e. The summed E-state index contributed by atoms with van der Waals surface area (Å²) in [5.41, 5.74) is 1.77. The minimum atomic E-state index is -0.982. The predicted octanol–water partition coefficient (Wildman–Crippen LogP) is 4.12. The number of ether oxygens (including phenoxy) is 4. The summed E-state index contributed by atoms with van der Waals surface area (Å²) in [6.45, 7) is 7.01. The van der Waals surface area contributed by atoms with Crippen LogP contribution in [0.5, 0.6) is 11.5 Å². The third-order valence-electron chi connectivity index (χ3n) is 6.17. The lowest BCUT2D eigenvalue weighted by Crippen LogP contribution is -2.52. The number of rotatable bonds is 7. The maximum absolute atomic E-state index is 11.4. The van der Waals surface area contributed by atoms with Crippen LogP contribution in [-0.2, 0) is 9.47 Å². The van der Waals surface area contributed by atoms with Crippen LogP contribution < -0.4 is 9.47 Å². The Labute approximate surface area is 205 Å². The van der Waals surface area contributed by atoms with Crippen LogP contribution in [0.15, 0.2) is 48.5 Å². The number of carbonyl (C=O) groups is 1. The number of aromatic carboxylic acids is 1. The fraction of sp³-hybridized carbons (Fsp3) is 0.444. The number of hydrogen-bond acceptors (Lipinski definition) is 7. The summed E-state index contributed by atoms with van der Waals surface area (Å²) < 4.78 is 23.3. The van der Waals surface area contributed by atoms with Gasteiger partial charge in [-0.3, -0.25) is 4.90 Å². The molecular weight excluding hydrogens is 450 g/mol. The Balaban J connectivity index is 1.68. The van der Waals surface area contributed by atoms with E-state index in [9.17, 15) is 15.0 Å². The molecule has 2 aliphatic heterocycles. The zero-order valence-corrected chi connectivity index (χ0v) is 20.6. The molecule has 2 N–H and O–H groups in total. The number of nitrogens with zero attached hydrogens (tertiary/aromatic N) is 1. The zero-order valence-electron chi connectivity index (χ0n) is 20.6. The van der Waals surface area contributed by atoms with E-state index in [-0.39, 0.29) is 12.4 Å². The number of methoxy groups -OCH3 is 1. The van der Waals surface area contributed by atoms with Gasteiger partial charge in [0.05, 0.1) is 16.7 Å². The van der Waals surface area contributed by atoms with Crippen molar-refractivity contribution in [1.82, 2.24) is 4.90 Å². The molecule has 1 spiro atoms. The van der Waals surface area contributed by atoms with Gasteiger partial charge in [0.15, 0.2) is 6.79 Å². The van der Waals surface area contributed by atoms with Gasteiger partial charge in [-0.1, -0.05) is 18.2 Å². The van der Waals surface area contributed by atoms with E-state index in [2.05, 4.69) is 6.08 Å². The summed E-state index contributed by atoms with van der Waals surface area (Å²) in [7, 11) is 1.56. The van der Waals surface area contributed by atoms with Gasteiger partial charge in [-0.2, -0.15) is 0 Å². The summed E-state index contributed by atoms with van der Waals surface area (Å²) in [5, 5.41) is 19.9. The molecule has 0 aromatic heterocycles. The highest BCUT2D eigenvalue weighted by atomic mass is 16.7. The van der Waals surface area contributed by atoms with Crippen LogP contribution in [-0.4, -0.2) is 65.7 Å². The first-order valence-corrected chi connectivity index (χ1v) is 11.7. The van der Waals surface area contributed by atoms with Gasteiger partial charge in [-0.05, 0) is 62.2 Å². The Bertz CT molecular complexity index is 1080. The predicted molar refractivity (Wildman–Crippen MR) is 130 cm³/mol. The highest BCUT2D eigenvalue weighted by Gasteiger charge is 2.41. The second kappa shape index (κ2) is 9.99. The second-order valence-electron chi connectivity index (χ2n) is 9.88. The van der Waals surface area contributed by atoms with Crippen LogP contribution in [0.3, 0.4) is 0 Å². The molecule has 0 bridgehead atoms. The molecule has 0 saturated carbocycles. The summed E-state index contributed by atoms with van der Waals surface area (Å²) in [4.78, 5) is 13.3. The lowest BCUT2D eigenvalue weighted by molar-refractivity contribution is -0.246. The van der Waals surface area contributed by atoms with Crippen molar-refractivity contribution in [3.63, 3.8) is 0 Å². The Morgan fingerprint density at radius 2 is 1.83 bits per heavy atom. The van der Waals surface area contributed by atoms with Gasteiger partial charge in [0.2, 0.25) is 6.41 Å². The SMILES string of the molecule is COCOc1cccc2c1C(c1ccc(C(=O)O)cc1)=CC1(CCN(C(O)OC(C)(C)C)CC1)O2. The second-order valence-corrected chi connectivity index (χ2v) is 9.88. The number of aliphatic hydroxyl groups excluding tert-OH is 1. The molecule has 0 aliphatic carbocycles. The molecule has 1 fully saturated rings. The molecule has 8 nitrogen and oxygen atoms in total. The van der Waals surface area contributed by atoms with Crippen molar-refractivity contribution in [3.8, 4) is 11.5 Å². The van der Waals surface area contributed by atoms with Gasteiger partial charge in [-0.15, -0.1) is 0 Å². The van der Waals surface area contributed by atoms with Gasteiger partial charge >= 0.3 is 5.97 Å². The molecule has 0 amide bonds. The zero-order chi connectivity index (χ0) is 25.2. The number of hydrogen-bond donors (Lipinski definition) is 2. The lowest BCUT2D eigenvalue weighted by atomic mass is 9.82. The molecule has 1 unspecified atom stereocenters. The van der Waals surface area contributed by atoms with Crippen LogP contribution >= 0.6 is 0 Å². The molecule has 1 saturated heterocycles. The Morgan fingerprint density at radius 1 is 1.14 bits per heavy atom. The highest BCUT2D eigenvalue weighted by molar-refractivity contribution is 5.91. The van der Waals surface area contributed by atoms with E-state index in [1.54, 1.807) is 31.4 Å². The van der Waals surface area contributed by atoms with Crippen molar-refractivity contribution in [2.24, 2.45) is 0 Å². The third kappa shape index (κ3) is 5.67. The number of aliphatic hydroxyl groups is 1. The summed E-state index contributed by atoms with van der Waals surface area (Å²) in [5.74, 6) is 0.347. The van der Waals surface area contributed by atoms with E-state index in [1.807, 2.05) is 43.9 Å².